The van der Waals surface area contributed by atoms with Gasteiger partial charge in [-0.3, -0.25) is 4.79 Å². The van der Waals surface area contributed by atoms with Gasteiger partial charge in [-0.05, 0) is 6.26 Å². The van der Waals surface area contributed by atoms with Gasteiger partial charge in [0, 0.05) is 11.0 Å². The first-order valence-electron chi connectivity index (χ1n) is 3.53. The maximum absolute atomic E-state index is 10.8. The van der Waals surface area contributed by atoms with E-state index in [-0.39, 0.29) is 12.4 Å². The highest BCUT2D eigenvalue weighted by atomic mass is 32.2. The van der Waals surface area contributed by atoms with Crippen molar-refractivity contribution in [3.8, 4) is 0 Å². The van der Waals surface area contributed by atoms with Gasteiger partial charge in [-0.15, -0.1) is 11.8 Å². The average Bonchev–Trinajstić information content (AvgIpc) is 2.16. The zero-order valence-corrected chi connectivity index (χ0v) is 8.64. The normalized spacial score (nSPS) is 10.8. The van der Waals surface area contributed by atoms with Crippen LogP contribution < -0.4 is 0 Å². The third-order valence-electron chi connectivity index (χ3n) is 1.29. The summed E-state index contributed by atoms with van der Waals surface area (Å²) in [5, 5.41) is 0. The lowest BCUT2D eigenvalue weighted by molar-refractivity contribution is -0.139. The SMILES string of the molecule is COC(=O)/C=C(/CC(=O)OC)SC. The van der Waals surface area contributed by atoms with Crippen molar-refractivity contribution in [1.29, 1.82) is 0 Å². The molecule has 0 radical (unpaired) electrons. The molecule has 0 aromatic carbocycles. The van der Waals surface area contributed by atoms with Crippen molar-refractivity contribution in [1.82, 2.24) is 0 Å². The molecular formula is C8H12O4S. The zero-order chi connectivity index (χ0) is 10.3. The summed E-state index contributed by atoms with van der Waals surface area (Å²) in [4.78, 5) is 22.2. The largest absolute Gasteiger partial charge is 0.469 e. The quantitative estimate of drug-likeness (QED) is 0.504. The number of carbonyl (C=O) groups is 2. The molecule has 0 aliphatic heterocycles. The maximum atomic E-state index is 10.8. The van der Waals surface area contributed by atoms with Crippen LogP contribution in [0.3, 0.4) is 0 Å². The van der Waals surface area contributed by atoms with E-state index >= 15 is 0 Å². The second-order valence-electron chi connectivity index (χ2n) is 2.09. The van der Waals surface area contributed by atoms with Gasteiger partial charge in [0.1, 0.15) is 0 Å². The lowest BCUT2D eigenvalue weighted by atomic mass is 10.4. The molecule has 0 bridgehead atoms. The van der Waals surface area contributed by atoms with Crippen LogP contribution in [0.4, 0.5) is 0 Å². The molecule has 0 N–H and O–H groups in total. The van der Waals surface area contributed by atoms with Crippen LogP contribution in [0.5, 0.6) is 0 Å². The molecule has 0 aliphatic rings. The number of thioether (sulfide) groups is 1. The van der Waals surface area contributed by atoms with E-state index in [9.17, 15) is 9.59 Å². The first-order valence-corrected chi connectivity index (χ1v) is 4.75. The van der Waals surface area contributed by atoms with Crippen molar-refractivity contribution in [3.05, 3.63) is 11.0 Å². The highest BCUT2D eigenvalue weighted by Gasteiger charge is 2.06. The van der Waals surface area contributed by atoms with Gasteiger partial charge in [0.25, 0.3) is 0 Å². The number of hydrogen-bond acceptors (Lipinski definition) is 5. The molecule has 0 aromatic heterocycles. The fourth-order valence-corrected chi connectivity index (χ4v) is 1.06. The van der Waals surface area contributed by atoms with Gasteiger partial charge in [-0.25, -0.2) is 4.79 Å². The Hall–Kier alpha value is -0.970. The average molecular weight is 204 g/mol. The van der Waals surface area contributed by atoms with Crippen LogP contribution in [0.1, 0.15) is 6.42 Å². The third kappa shape index (κ3) is 5.30. The third-order valence-corrected chi connectivity index (χ3v) is 2.08. The molecule has 0 aromatic rings. The fourth-order valence-electron chi connectivity index (χ4n) is 0.587. The van der Waals surface area contributed by atoms with Crippen molar-refractivity contribution in [2.45, 2.75) is 6.42 Å². The Morgan fingerprint density at radius 2 is 1.92 bits per heavy atom. The maximum Gasteiger partial charge on any atom is 0.331 e. The van der Waals surface area contributed by atoms with Crippen LogP contribution in [-0.2, 0) is 19.1 Å². The summed E-state index contributed by atoms with van der Waals surface area (Å²) < 4.78 is 8.87. The number of methoxy groups -OCH3 is 2. The molecule has 13 heavy (non-hydrogen) atoms. The predicted octanol–water partition coefficient (Wildman–Crippen LogP) is 0.969. The summed E-state index contributed by atoms with van der Waals surface area (Å²) in [5.41, 5.74) is 0. The van der Waals surface area contributed by atoms with Crippen LogP contribution in [0, 0.1) is 0 Å². The molecule has 0 saturated carbocycles. The second-order valence-corrected chi connectivity index (χ2v) is 3.02. The van der Waals surface area contributed by atoms with E-state index in [1.807, 2.05) is 0 Å². The Morgan fingerprint density at radius 1 is 1.31 bits per heavy atom. The van der Waals surface area contributed by atoms with E-state index in [4.69, 9.17) is 0 Å². The standard InChI is InChI=1S/C8H12O4S/c1-11-7(9)4-6(13-3)5-8(10)12-2/h4H,5H2,1-3H3/b6-4-. The summed E-state index contributed by atoms with van der Waals surface area (Å²) in [5.74, 6) is -0.835. The summed E-state index contributed by atoms with van der Waals surface area (Å²) in [6, 6.07) is 0. The van der Waals surface area contributed by atoms with E-state index in [0.29, 0.717) is 4.91 Å². The first kappa shape index (κ1) is 12.0. The van der Waals surface area contributed by atoms with Gasteiger partial charge in [0.15, 0.2) is 0 Å². The molecule has 0 amide bonds. The summed E-state index contributed by atoms with van der Waals surface area (Å²) in [6.07, 6.45) is 3.16. The van der Waals surface area contributed by atoms with Crippen molar-refractivity contribution >= 4 is 23.7 Å². The van der Waals surface area contributed by atoms with E-state index < -0.39 is 5.97 Å². The van der Waals surface area contributed by atoms with Crippen molar-refractivity contribution in [3.63, 3.8) is 0 Å². The van der Waals surface area contributed by atoms with Gasteiger partial charge >= 0.3 is 11.9 Å². The number of carbonyl (C=O) groups excluding carboxylic acids is 2. The van der Waals surface area contributed by atoms with Crippen LogP contribution in [-0.4, -0.2) is 32.4 Å². The highest BCUT2D eigenvalue weighted by Crippen LogP contribution is 2.16. The molecule has 74 valence electrons. The number of esters is 2. The Kier molecular flexibility index (Phi) is 6.05. The predicted molar refractivity (Wildman–Crippen MR) is 50.2 cm³/mol. The summed E-state index contributed by atoms with van der Waals surface area (Å²) in [7, 11) is 2.59. The van der Waals surface area contributed by atoms with Gasteiger partial charge in [0.2, 0.25) is 0 Å². The second kappa shape index (κ2) is 6.54. The molecule has 0 heterocycles. The van der Waals surface area contributed by atoms with Gasteiger partial charge < -0.3 is 9.47 Å². The lowest BCUT2D eigenvalue weighted by Gasteiger charge is -2.01. The Bertz CT molecular complexity index is 222. The molecule has 0 rings (SSSR count). The zero-order valence-electron chi connectivity index (χ0n) is 7.83. The fraction of sp³-hybridized carbons (Fsp3) is 0.500. The Labute approximate surface area is 81.3 Å². The van der Waals surface area contributed by atoms with E-state index in [0.717, 1.165) is 0 Å². The first-order chi connectivity index (χ1) is 6.13. The number of ether oxygens (including phenoxy) is 2. The minimum absolute atomic E-state index is 0.104. The molecule has 0 aliphatic carbocycles. The topological polar surface area (TPSA) is 52.6 Å². The monoisotopic (exact) mass is 204 g/mol. The molecule has 0 saturated heterocycles. The smallest absolute Gasteiger partial charge is 0.331 e. The minimum Gasteiger partial charge on any atom is -0.469 e. The van der Waals surface area contributed by atoms with E-state index in [1.165, 1.54) is 32.1 Å². The molecule has 0 unspecified atom stereocenters. The Morgan fingerprint density at radius 3 is 2.31 bits per heavy atom. The molecule has 0 atom stereocenters. The van der Waals surface area contributed by atoms with Crippen LogP contribution in [0.25, 0.3) is 0 Å². The Balaban J connectivity index is 4.25. The lowest BCUT2D eigenvalue weighted by Crippen LogP contribution is -2.02. The van der Waals surface area contributed by atoms with Gasteiger partial charge in [-0.2, -0.15) is 0 Å². The van der Waals surface area contributed by atoms with Crippen LogP contribution in [0.15, 0.2) is 11.0 Å². The van der Waals surface area contributed by atoms with Crippen LogP contribution in [0.2, 0.25) is 0 Å². The summed E-state index contributed by atoms with van der Waals surface area (Å²) >= 11 is 1.32. The number of hydrogen-bond donors (Lipinski definition) is 0. The summed E-state index contributed by atoms with van der Waals surface area (Å²) in [6.45, 7) is 0. The minimum atomic E-state index is -0.465. The highest BCUT2D eigenvalue weighted by molar-refractivity contribution is 8.02. The van der Waals surface area contributed by atoms with Crippen molar-refractivity contribution in [2.24, 2.45) is 0 Å². The van der Waals surface area contributed by atoms with E-state index in [1.54, 1.807) is 6.26 Å². The molecule has 0 spiro atoms. The van der Waals surface area contributed by atoms with Crippen molar-refractivity contribution in [2.75, 3.05) is 20.5 Å². The van der Waals surface area contributed by atoms with Crippen LogP contribution >= 0.6 is 11.8 Å². The molecule has 0 fully saturated rings. The van der Waals surface area contributed by atoms with E-state index in [2.05, 4.69) is 9.47 Å². The van der Waals surface area contributed by atoms with Crippen molar-refractivity contribution < 1.29 is 19.1 Å². The molecule has 4 nitrogen and oxygen atoms in total. The van der Waals surface area contributed by atoms with Gasteiger partial charge in [0.05, 0.1) is 20.6 Å². The van der Waals surface area contributed by atoms with Gasteiger partial charge in [-0.1, -0.05) is 0 Å². The number of rotatable bonds is 4. The molecule has 5 heteroatoms. The molecular weight excluding hydrogens is 192 g/mol.